The van der Waals surface area contributed by atoms with Crippen LogP contribution < -0.4 is 16.4 Å². The molecule has 2 aromatic heterocycles. The minimum Gasteiger partial charge on any atom is -0.465 e. The minimum atomic E-state index is -4.80. The van der Waals surface area contributed by atoms with Gasteiger partial charge in [0, 0.05) is 12.6 Å². The van der Waals surface area contributed by atoms with Crippen LogP contribution in [0.1, 0.15) is 38.3 Å². The van der Waals surface area contributed by atoms with Crippen LogP contribution >= 0.6 is 11.3 Å². The molecule has 0 spiro atoms. The standard InChI is InChI=1S/C20H19F3N6O4S/c1-10(24)16(30)25-8-11-4-3-5-12(6-11)29-13(7-15(28-29)20(21,22)23)17(31)27-19-26-9-14(34-19)18(32)33-2/h3-7,9-10H,8,24H2,1-2H3,(H,25,30)(H,26,27,31)/t10-/m0/s1. The number of methoxy groups -OCH3 is 1. The monoisotopic (exact) mass is 496 g/mol. The number of nitrogens with two attached hydrogens (primary N) is 1. The van der Waals surface area contributed by atoms with E-state index in [1.54, 1.807) is 12.1 Å². The van der Waals surface area contributed by atoms with Crippen LogP contribution in [-0.2, 0) is 22.3 Å². The van der Waals surface area contributed by atoms with Gasteiger partial charge in [-0.05, 0) is 24.6 Å². The van der Waals surface area contributed by atoms with E-state index in [1.165, 1.54) is 32.4 Å². The van der Waals surface area contributed by atoms with Gasteiger partial charge >= 0.3 is 12.1 Å². The van der Waals surface area contributed by atoms with Crippen LogP contribution in [0.25, 0.3) is 5.69 Å². The van der Waals surface area contributed by atoms with E-state index in [-0.39, 0.29) is 22.2 Å². The number of anilines is 1. The minimum absolute atomic E-state index is 0.0147. The van der Waals surface area contributed by atoms with Gasteiger partial charge in [-0.25, -0.2) is 14.5 Å². The summed E-state index contributed by atoms with van der Waals surface area (Å²) in [6, 6.07) is 5.99. The zero-order valence-electron chi connectivity index (χ0n) is 17.8. The van der Waals surface area contributed by atoms with Crippen molar-refractivity contribution in [3.8, 4) is 5.69 Å². The summed E-state index contributed by atoms with van der Waals surface area (Å²) in [5, 5.41) is 8.50. The van der Waals surface area contributed by atoms with E-state index in [1.807, 2.05) is 0 Å². The first kappa shape index (κ1) is 24.9. The average molecular weight is 496 g/mol. The third-order valence-corrected chi connectivity index (χ3v) is 5.27. The van der Waals surface area contributed by atoms with E-state index in [0.29, 0.717) is 11.6 Å². The van der Waals surface area contributed by atoms with Gasteiger partial charge < -0.3 is 15.8 Å². The molecule has 10 nitrogen and oxygen atoms in total. The Hall–Kier alpha value is -3.78. The van der Waals surface area contributed by atoms with E-state index in [2.05, 4.69) is 25.5 Å². The summed E-state index contributed by atoms with van der Waals surface area (Å²) >= 11 is 0.797. The van der Waals surface area contributed by atoms with Gasteiger partial charge in [-0.1, -0.05) is 23.5 Å². The largest absolute Gasteiger partial charge is 0.465 e. The number of benzene rings is 1. The summed E-state index contributed by atoms with van der Waals surface area (Å²) in [7, 11) is 1.17. The Bertz CT molecular complexity index is 1220. The van der Waals surface area contributed by atoms with Gasteiger partial charge in [0.2, 0.25) is 5.91 Å². The molecule has 34 heavy (non-hydrogen) atoms. The fraction of sp³-hybridized carbons (Fsp3) is 0.250. The second kappa shape index (κ2) is 10.0. The molecular formula is C20H19F3N6O4S. The number of rotatable bonds is 7. The third-order valence-electron chi connectivity index (χ3n) is 4.38. The number of aromatic nitrogens is 3. The Morgan fingerprint density at radius 1 is 1.26 bits per heavy atom. The van der Waals surface area contributed by atoms with Gasteiger partial charge in [0.05, 0.1) is 25.0 Å². The SMILES string of the molecule is COC(=O)c1cnc(NC(=O)c2cc(C(F)(F)F)nn2-c2cccc(CNC(=O)[C@H](C)N)c2)s1. The number of alkyl halides is 3. The molecule has 0 unspecified atom stereocenters. The second-order valence-corrected chi connectivity index (χ2v) is 8.01. The van der Waals surface area contributed by atoms with Gasteiger partial charge in [-0.15, -0.1) is 0 Å². The van der Waals surface area contributed by atoms with E-state index in [0.717, 1.165) is 16.0 Å². The van der Waals surface area contributed by atoms with E-state index >= 15 is 0 Å². The molecule has 180 valence electrons. The molecule has 0 saturated carbocycles. The number of ether oxygens (including phenoxy) is 1. The van der Waals surface area contributed by atoms with E-state index < -0.39 is 41.4 Å². The molecule has 0 aliphatic heterocycles. The van der Waals surface area contributed by atoms with Crippen LogP contribution in [0.3, 0.4) is 0 Å². The van der Waals surface area contributed by atoms with Crippen molar-refractivity contribution in [3.63, 3.8) is 0 Å². The lowest BCUT2D eigenvalue weighted by Crippen LogP contribution is -2.37. The number of thiazole rings is 1. The number of carbonyl (C=O) groups excluding carboxylic acids is 3. The molecule has 2 heterocycles. The van der Waals surface area contributed by atoms with Crippen LogP contribution in [0.2, 0.25) is 0 Å². The van der Waals surface area contributed by atoms with Crippen molar-refractivity contribution >= 4 is 34.3 Å². The first-order chi connectivity index (χ1) is 16.0. The number of hydrogen-bond acceptors (Lipinski definition) is 8. The maximum Gasteiger partial charge on any atom is 0.435 e. The third kappa shape index (κ3) is 5.77. The summed E-state index contributed by atoms with van der Waals surface area (Å²) in [6.45, 7) is 1.58. The van der Waals surface area contributed by atoms with Crippen molar-refractivity contribution in [2.24, 2.45) is 5.73 Å². The van der Waals surface area contributed by atoms with Gasteiger partial charge in [0.15, 0.2) is 10.8 Å². The first-order valence-electron chi connectivity index (χ1n) is 9.65. The summed E-state index contributed by atoms with van der Waals surface area (Å²) in [4.78, 5) is 40.0. The molecule has 3 aromatic rings. The lowest BCUT2D eigenvalue weighted by Gasteiger charge is -2.11. The number of halogens is 3. The molecule has 1 aromatic carbocycles. The van der Waals surface area contributed by atoms with Gasteiger partial charge in [0.25, 0.3) is 5.91 Å². The Labute approximate surface area is 194 Å². The maximum absolute atomic E-state index is 13.4. The highest BCUT2D eigenvalue weighted by Gasteiger charge is 2.36. The molecule has 2 amide bonds. The van der Waals surface area contributed by atoms with Crippen molar-refractivity contribution in [1.29, 1.82) is 0 Å². The van der Waals surface area contributed by atoms with Gasteiger partial charge in [-0.3, -0.25) is 14.9 Å². The number of esters is 1. The van der Waals surface area contributed by atoms with E-state index in [4.69, 9.17) is 5.73 Å². The fourth-order valence-corrected chi connectivity index (χ4v) is 3.44. The second-order valence-electron chi connectivity index (χ2n) is 6.98. The lowest BCUT2D eigenvalue weighted by molar-refractivity contribution is -0.141. The highest BCUT2D eigenvalue weighted by Crippen LogP contribution is 2.30. The predicted molar refractivity (Wildman–Crippen MR) is 115 cm³/mol. The van der Waals surface area contributed by atoms with Crippen LogP contribution in [0.4, 0.5) is 18.3 Å². The quantitative estimate of drug-likeness (QED) is 0.427. The highest BCUT2D eigenvalue weighted by atomic mass is 32.1. The van der Waals surface area contributed by atoms with Crippen molar-refractivity contribution in [2.45, 2.75) is 25.7 Å². The van der Waals surface area contributed by atoms with Crippen LogP contribution in [0.15, 0.2) is 36.5 Å². The molecule has 3 rings (SSSR count). The smallest absolute Gasteiger partial charge is 0.435 e. The average Bonchev–Trinajstić information content (AvgIpc) is 3.44. The summed E-state index contributed by atoms with van der Waals surface area (Å²) in [6.07, 6.45) is -3.63. The normalized spacial score (nSPS) is 12.2. The number of nitrogens with one attached hydrogen (secondary N) is 2. The predicted octanol–water partition coefficient (Wildman–Crippen LogP) is 2.35. The maximum atomic E-state index is 13.4. The number of amides is 2. The molecule has 0 fully saturated rings. The van der Waals surface area contributed by atoms with Gasteiger partial charge in [-0.2, -0.15) is 18.3 Å². The summed E-state index contributed by atoms with van der Waals surface area (Å²) < 4.78 is 45.5. The number of carbonyl (C=O) groups is 3. The topological polar surface area (TPSA) is 141 Å². The number of hydrogen-bond donors (Lipinski definition) is 3. The molecule has 0 saturated heterocycles. The van der Waals surface area contributed by atoms with Crippen LogP contribution in [-0.4, -0.2) is 45.7 Å². The summed E-state index contributed by atoms with van der Waals surface area (Å²) in [5.74, 6) is -2.00. The summed E-state index contributed by atoms with van der Waals surface area (Å²) in [5.41, 5.74) is 4.51. The van der Waals surface area contributed by atoms with Crippen molar-refractivity contribution in [3.05, 3.63) is 58.4 Å². The highest BCUT2D eigenvalue weighted by molar-refractivity contribution is 7.17. The molecular weight excluding hydrogens is 477 g/mol. The van der Waals surface area contributed by atoms with Crippen molar-refractivity contribution in [2.75, 3.05) is 12.4 Å². The number of nitrogens with zero attached hydrogens (tertiary/aromatic N) is 3. The fourth-order valence-electron chi connectivity index (χ4n) is 2.71. The van der Waals surface area contributed by atoms with Crippen molar-refractivity contribution in [1.82, 2.24) is 20.1 Å². The Morgan fingerprint density at radius 3 is 2.65 bits per heavy atom. The first-order valence-corrected chi connectivity index (χ1v) is 10.5. The lowest BCUT2D eigenvalue weighted by atomic mass is 10.2. The zero-order chi connectivity index (χ0) is 25.0. The van der Waals surface area contributed by atoms with Crippen molar-refractivity contribution < 1.29 is 32.3 Å². The molecule has 4 N–H and O–H groups in total. The zero-order valence-corrected chi connectivity index (χ0v) is 18.7. The Kier molecular flexibility index (Phi) is 7.32. The molecule has 0 bridgehead atoms. The van der Waals surface area contributed by atoms with Crippen LogP contribution in [0.5, 0.6) is 0 Å². The molecule has 1 atom stereocenters. The Morgan fingerprint density at radius 2 is 2.00 bits per heavy atom. The molecule has 0 aliphatic rings. The molecule has 0 radical (unpaired) electrons. The van der Waals surface area contributed by atoms with E-state index in [9.17, 15) is 27.6 Å². The van der Waals surface area contributed by atoms with Gasteiger partial charge in [0.1, 0.15) is 10.6 Å². The Balaban J connectivity index is 1.92. The molecule has 14 heteroatoms. The van der Waals surface area contributed by atoms with Crippen LogP contribution in [0, 0.1) is 0 Å². The molecule has 0 aliphatic carbocycles.